The Hall–Kier alpha value is -3.23. The molecular weight excluding hydrogens is 326 g/mol. The highest BCUT2D eigenvalue weighted by Crippen LogP contribution is 2.42. The Morgan fingerprint density at radius 1 is 1.21 bits per heavy atom. The van der Waals surface area contributed by atoms with Gasteiger partial charge in [-0.15, -0.1) is 8.78 Å². The lowest BCUT2D eigenvalue weighted by Crippen LogP contribution is -2.25. The maximum atomic E-state index is 12.9. The first kappa shape index (κ1) is 15.7. The normalized spacial score (nSPS) is 14.1. The SMILES string of the molecule is O=C(COC(=O)c1cccnc1)Nc1ccc2c(c1)OC(F)(F)O2. The lowest BCUT2D eigenvalue weighted by atomic mass is 10.3. The van der Waals surface area contributed by atoms with E-state index in [1.54, 1.807) is 6.07 Å². The van der Waals surface area contributed by atoms with Gasteiger partial charge in [-0.05, 0) is 24.3 Å². The summed E-state index contributed by atoms with van der Waals surface area (Å²) in [6.07, 6.45) is -0.935. The minimum Gasteiger partial charge on any atom is -0.452 e. The Kier molecular flexibility index (Phi) is 3.98. The van der Waals surface area contributed by atoms with E-state index in [-0.39, 0.29) is 22.7 Å². The van der Waals surface area contributed by atoms with Crippen molar-refractivity contribution in [3.63, 3.8) is 0 Å². The number of esters is 1. The van der Waals surface area contributed by atoms with Crippen molar-refractivity contribution in [3.8, 4) is 11.5 Å². The summed E-state index contributed by atoms with van der Waals surface area (Å²) < 4.78 is 39.1. The fourth-order valence-corrected chi connectivity index (χ4v) is 1.92. The van der Waals surface area contributed by atoms with Crippen molar-refractivity contribution in [2.24, 2.45) is 0 Å². The fourth-order valence-electron chi connectivity index (χ4n) is 1.92. The summed E-state index contributed by atoms with van der Waals surface area (Å²) in [5.74, 6) is -1.69. The molecule has 1 aromatic heterocycles. The predicted molar refractivity (Wildman–Crippen MR) is 75.8 cm³/mol. The van der Waals surface area contributed by atoms with Crippen LogP contribution in [0.2, 0.25) is 0 Å². The number of amides is 1. The highest BCUT2D eigenvalue weighted by Gasteiger charge is 2.43. The first-order valence-electron chi connectivity index (χ1n) is 6.70. The van der Waals surface area contributed by atoms with Crippen molar-refractivity contribution in [1.82, 2.24) is 4.98 Å². The summed E-state index contributed by atoms with van der Waals surface area (Å²) in [5, 5.41) is 2.39. The van der Waals surface area contributed by atoms with Gasteiger partial charge in [0.05, 0.1) is 5.56 Å². The molecule has 24 heavy (non-hydrogen) atoms. The molecule has 1 aromatic carbocycles. The van der Waals surface area contributed by atoms with Gasteiger partial charge < -0.3 is 19.5 Å². The highest BCUT2D eigenvalue weighted by molar-refractivity contribution is 5.95. The molecule has 0 atom stereocenters. The van der Waals surface area contributed by atoms with Crippen LogP contribution in [0.1, 0.15) is 10.4 Å². The monoisotopic (exact) mass is 336 g/mol. The molecule has 1 aliphatic heterocycles. The molecule has 2 aromatic rings. The van der Waals surface area contributed by atoms with E-state index in [2.05, 4.69) is 19.8 Å². The van der Waals surface area contributed by atoms with Gasteiger partial charge in [0, 0.05) is 24.1 Å². The topological polar surface area (TPSA) is 86.8 Å². The van der Waals surface area contributed by atoms with Gasteiger partial charge in [-0.25, -0.2) is 4.79 Å². The van der Waals surface area contributed by atoms with E-state index in [0.717, 1.165) is 0 Å². The second-order valence-electron chi connectivity index (χ2n) is 4.70. The van der Waals surface area contributed by atoms with E-state index in [9.17, 15) is 18.4 Å². The van der Waals surface area contributed by atoms with E-state index in [1.807, 2.05) is 0 Å². The minimum absolute atomic E-state index is 0.138. The molecule has 0 bridgehead atoms. The zero-order chi connectivity index (χ0) is 17.2. The maximum absolute atomic E-state index is 12.9. The standard InChI is InChI=1S/C15H10F2N2O5/c16-15(17)23-11-4-3-10(6-12(11)24-15)19-13(20)8-22-14(21)9-2-1-5-18-7-9/h1-7H,8H2,(H,19,20). The minimum atomic E-state index is -3.73. The number of ether oxygens (including phenoxy) is 3. The Bertz CT molecular complexity index is 783. The van der Waals surface area contributed by atoms with Crippen LogP contribution in [0.3, 0.4) is 0 Å². The zero-order valence-corrected chi connectivity index (χ0v) is 12.0. The number of halogens is 2. The van der Waals surface area contributed by atoms with Gasteiger partial charge >= 0.3 is 12.3 Å². The smallest absolute Gasteiger partial charge is 0.452 e. The lowest BCUT2D eigenvalue weighted by Gasteiger charge is -2.07. The lowest BCUT2D eigenvalue weighted by molar-refractivity contribution is -0.286. The number of rotatable bonds is 4. The average Bonchev–Trinajstić information content (AvgIpc) is 2.86. The second-order valence-corrected chi connectivity index (χ2v) is 4.70. The third-order valence-electron chi connectivity index (χ3n) is 2.92. The molecule has 0 aliphatic carbocycles. The Balaban J connectivity index is 1.56. The van der Waals surface area contributed by atoms with E-state index in [4.69, 9.17) is 4.74 Å². The average molecular weight is 336 g/mol. The summed E-state index contributed by atoms with van der Waals surface area (Å²) in [5.41, 5.74) is 0.396. The van der Waals surface area contributed by atoms with Crippen molar-refractivity contribution in [1.29, 1.82) is 0 Å². The Labute approximate surface area is 134 Å². The number of carbonyl (C=O) groups is 2. The quantitative estimate of drug-likeness (QED) is 0.862. The molecule has 1 amide bonds. The van der Waals surface area contributed by atoms with E-state index in [0.29, 0.717) is 0 Å². The molecule has 124 valence electrons. The summed E-state index contributed by atoms with van der Waals surface area (Å²) in [7, 11) is 0. The molecule has 1 aliphatic rings. The number of pyridine rings is 1. The van der Waals surface area contributed by atoms with Crippen molar-refractivity contribution in [2.75, 3.05) is 11.9 Å². The third kappa shape index (κ3) is 3.57. The first-order chi connectivity index (χ1) is 11.4. The number of carbonyl (C=O) groups excluding carboxylic acids is 2. The number of aromatic nitrogens is 1. The van der Waals surface area contributed by atoms with Crippen LogP contribution < -0.4 is 14.8 Å². The molecule has 0 radical (unpaired) electrons. The molecule has 7 nitrogen and oxygen atoms in total. The molecule has 0 saturated carbocycles. The van der Waals surface area contributed by atoms with Crippen molar-refractivity contribution >= 4 is 17.6 Å². The first-order valence-corrected chi connectivity index (χ1v) is 6.70. The van der Waals surface area contributed by atoms with Crippen LogP contribution in [-0.2, 0) is 9.53 Å². The van der Waals surface area contributed by atoms with E-state index in [1.165, 1.54) is 36.7 Å². The molecule has 0 saturated heterocycles. The molecule has 0 fully saturated rings. The molecule has 3 rings (SSSR count). The number of nitrogens with one attached hydrogen (secondary N) is 1. The number of nitrogens with zero attached hydrogens (tertiary/aromatic N) is 1. The Morgan fingerprint density at radius 2 is 2.00 bits per heavy atom. The molecule has 2 heterocycles. The van der Waals surface area contributed by atoms with Crippen molar-refractivity contribution in [2.45, 2.75) is 6.29 Å². The number of hydrogen-bond acceptors (Lipinski definition) is 6. The molecule has 0 spiro atoms. The zero-order valence-electron chi connectivity index (χ0n) is 12.0. The van der Waals surface area contributed by atoms with E-state index >= 15 is 0 Å². The van der Waals surface area contributed by atoms with Crippen LogP contribution in [0.5, 0.6) is 11.5 Å². The van der Waals surface area contributed by atoms with Crippen LogP contribution in [0.4, 0.5) is 14.5 Å². The molecule has 0 unspecified atom stereocenters. The van der Waals surface area contributed by atoms with Gasteiger partial charge in [-0.1, -0.05) is 0 Å². The summed E-state index contributed by atoms with van der Waals surface area (Å²) in [6.45, 7) is -0.543. The molecule has 9 heteroatoms. The number of anilines is 1. The van der Waals surface area contributed by atoms with E-state index < -0.39 is 24.8 Å². The fraction of sp³-hybridized carbons (Fsp3) is 0.133. The van der Waals surface area contributed by atoms with Crippen molar-refractivity contribution < 1.29 is 32.6 Å². The van der Waals surface area contributed by atoms with Gasteiger partial charge in [0.25, 0.3) is 5.91 Å². The third-order valence-corrected chi connectivity index (χ3v) is 2.92. The van der Waals surface area contributed by atoms with Gasteiger partial charge in [-0.3, -0.25) is 9.78 Å². The van der Waals surface area contributed by atoms with Crippen molar-refractivity contribution in [3.05, 3.63) is 48.3 Å². The summed E-state index contributed by atoms with van der Waals surface area (Å²) in [4.78, 5) is 27.2. The van der Waals surface area contributed by atoms with Gasteiger partial charge in [0.1, 0.15) is 0 Å². The van der Waals surface area contributed by atoms with Gasteiger partial charge in [0.15, 0.2) is 18.1 Å². The van der Waals surface area contributed by atoms with Crippen LogP contribution in [0, 0.1) is 0 Å². The predicted octanol–water partition coefficient (Wildman–Crippen LogP) is 2.20. The highest BCUT2D eigenvalue weighted by atomic mass is 19.3. The van der Waals surface area contributed by atoms with Crippen LogP contribution in [0.15, 0.2) is 42.7 Å². The van der Waals surface area contributed by atoms with Gasteiger partial charge in [0.2, 0.25) is 0 Å². The number of hydrogen-bond donors (Lipinski definition) is 1. The molecule has 1 N–H and O–H groups in total. The largest absolute Gasteiger partial charge is 0.586 e. The number of fused-ring (bicyclic) bond motifs is 1. The number of alkyl halides is 2. The second kappa shape index (κ2) is 6.11. The molecular formula is C15H10F2N2O5. The maximum Gasteiger partial charge on any atom is 0.586 e. The van der Waals surface area contributed by atoms with Crippen LogP contribution in [0.25, 0.3) is 0 Å². The summed E-state index contributed by atoms with van der Waals surface area (Å²) in [6, 6.07) is 6.80. The van der Waals surface area contributed by atoms with Gasteiger partial charge in [-0.2, -0.15) is 0 Å². The van der Waals surface area contributed by atoms with Crippen LogP contribution >= 0.6 is 0 Å². The number of benzene rings is 1. The van der Waals surface area contributed by atoms with Crippen LogP contribution in [-0.4, -0.2) is 29.8 Å². The summed E-state index contributed by atoms with van der Waals surface area (Å²) >= 11 is 0. The Morgan fingerprint density at radius 3 is 2.75 bits per heavy atom.